The molecule has 0 spiro atoms. The molecule has 1 aromatic carbocycles. The number of carbonyl (C=O) groups is 1. The maximum Gasteiger partial charge on any atom is 0.259 e. The van der Waals surface area contributed by atoms with E-state index in [0.717, 1.165) is 19.3 Å². The van der Waals surface area contributed by atoms with Crippen molar-refractivity contribution in [3.8, 4) is 0 Å². The van der Waals surface area contributed by atoms with Gasteiger partial charge < -0.3 is 15.4 Å². The van der Waals surface area contributed by atoms with E-state index < -0.39 is 5.60 Å². The van der Waals surface area contributed by atoms with Crippen molar-refractivity contribution >= 4 is 22.5 Å². The summed E-state index contributed by atoms with van der Waals surface area (Å²) in [7, 11) is 0. The summed E-state index contributed by atoms with van der Waals surface area (Å²) in [5.74, 6) is -0.347. The van der Waals surface area contributed by atoms with Gasteiger partial charge >= 0.3 is 0 Å². The van der Waals surface area contributed by atoms with Crippen molar-refractivity contribution in [2.45, 2.75) is 37.7 Å². The van der Waals surface area contributed by atoms with Gasteiger partial charge in [-0.05, 0) is 25.0 Å². The molecule has 4 rings (SSSR count). The van der Waals surface area contributed by atoms with Crippen molar-refractivity contribution in [1.82, 2.24) is 19.9 Å². The first-order valence-corrected chi connectivity index (χ1v) is 8.57. The number of aromatic amines is 1. The average molecular weight is 340 g/mol. The molecule has 3 N–H and O–H groups in total. The molecule has 0 aliphatic heterocycles. The molecule has 1 amide bonds. The van der Waals surface area contributed by atoms with Gasteiger partial charge in [0.25, 0.3) is 11.5 Å². The van der Waals surface area contributed by atoms with Crippen molar-refractivity contribution in [3.63, 3.8) is 0 Å². The number of nitrogens with zero attached hydrogens (tertiary/aromatic N) is 2. The van der Waals surface area contributed by atoms with Crippen LogP contribution in [-0.2, 0) is 0 Å². The van der Waals surface area contributed by atoms with Gasteiger partial charge in [0, 0.05) is 6.54 Å². The zero-order chi connectivity index (χ0) is 17.4. The number of H-pyrrole nitrogens is 1. The number of benzene rings is 1. The summed E-state index contributed by atoms with van der Waals surface area (Å²) in [6.45, 7) is 0.209. The summed E-state index contributed by atoms with van der Waals surface area (Å²) in [5.41, 5.74) is 0.200. The first-order chi connectivity index (χ1) is 12.1. The van der Waals surface area contributed by atoms with Crippen LogP contribution in [-0.4, -0.2) is 37.8 Å². The molecule has 7 heteroatoms. The number of fused-ring (bicyclic) bond motifs is 3. The summed E-state index contributed by atoms with van der Waals surface area (Å²) in [4.78, 5) is 27.5. The molecule has 1 saturated carbocycles. The molecule has 3 aromatic rings. The highest BCUT2D eigenvalue weighted by molar-refractivity contribution is 6.00. The van der Waals surface area contributed by atoms with E-state index in [-0.39, 0.29) is 18.0 Å². The van der Waals surface area contributed by atoms with E-state index in [2.05, 4.69) is 15.4 Å². The van der Waals surface area contributed by atoms with Crippen LogP contribution in [0.3, 0.4) is 0 Å². The van der Waals surface area contributed by atoms with Gasteiger partial charge in [0.1, 0.15) is 11.2 Å². The van der Waals surface area contributed by atoms with Crippen LogP contribution in [0.2, 0.25) is 0 Å². The standard InChI is InChI=1S/C18H20N4O3/c23-16(19-11-18(25)8-4-1-5-9-18)13-10-20-22-14-7-3-2-6-12(14)17(24)21-15(13)22/h2-3,6-7,10,25H,1,4-5,8-9,11H2,(H,19,23)(H,21,24). The van der Waals surface area contributed by atoms with E-state index in [0.29, 0.717) is 35.0 Å². The third-order valence-corrected chi connectivity index (χ3v) is 4.98. The number of para-hydroxylation sites is 1. The second-order valence-electron chi connectivity index (χ2n) is 6.76. The zero-order valence-electron chi connectivity index (χ0n) is 13.8. The quantitative estimate of drug-likeness (QED) is 0.674. The molecule has 1 aliphatic carbocycles. The first kappa shape index (κ1) is 15.8. The van der Waals surface area contributed by atoms with E-state index in [1.54, 1.807) is 22.7 Å². The third kappa shape index (κ3) is 2.80. The molecule has 0 radical (unpaired) electrons. The van der Waals surface area contributed by atoms with Crippen LogP contribution in [0.25, 0.3) is 16.6 Å². The number of carbonyl (C=O) groups excluding carboxylic acids is 1. The van der Waals surface area contributed by atoms with E-state index >= 15 is 0 Å². The SMILES string of the molecule is O=C(NCC1(O)CCCCC1)c1cnn2c1[nH]c(=O)c1ccccc12. The minimum atomic E-state index is -0.836. The monoisotopic (exact) mass is 340 g/mol. The van der Waals surface area contributed by atoms with Crippen LogP contribution in [0.5, 0.6) is 0 Å². The molecule has 0 atom stereocenters. The van der Waals surface area contributed by atoms with Crippen molar-refractivity contribution in [3.05, 3.63) is 46.4 Å². The fourth-order valence-corrected chi connectivity index (χ4v) is 3.57. The van der Waals surface area contributed by atoms with Crippen molar-refractivity contribution in [2.75, 3.05) is 6.54 Å². The lowest BCUT2D eigenvalue weighted by Gasteiger charge is -2.32. The van der Waals surface area contributed by atoms with Crippen LogP contribution >= 0.6 is 0 Å². The van der Waals surface area contributed by atoms with Crippen LogP contribution in [0.4, 0.5) is 0 Å². The maximum atomic E-state index is 12.6. The molecular formula is C18H20N4O3. The van der Waals surface area contributed by atoms with E-state index in [1.165, 1.54) is 6.20 Å². The lowest BCUT2D eigenvalue weighted by atomic mass is 9.85. The third-order valence-electron chi connectivity index (χ3n) is 4.98. The zero-order valence-corrected chi connectivity index (χ0v) is 13.8. The molecule has 7 nitrogen and oxygen atoms in total. The number of nitrogens with one attached hydrogen (secondary N) is 2. The van der Waals surface area contributed by atoms with Crippen molar-refractivity contribution < 1.29 is 9.90 Å². The van der Waals surface area contributed by atoms with Gasteiger partial charge in [-0.3, -0.25) is 9.59 Å². The van der Waals surface area contributed by atoms with Crippen LogP contribution in [0, 0.1) is 0 Å². The Bertz CT molecular complexity index is 998. The molecule has 2 aromatic heterocycles. The first-order valence-electron chi connectivity index (χ1n) is 8.57. The Hall–Kier alpha value is -2.67. The second kappa shape index (κ2) is 6.00. The predicted molar refractivity (Wildman–Crippen MR) is 93.7 cm³/mol. The Morgan fingerprint density at radius 3 is 2.84 bits per heavy atom. The average Bonchev–Trinajstić information content (AvgIpc) is 3.05. The van der Waals surface area contributed by atoms with Crippen LogP contribution in [0.1, 0.15) is 42.5 Å². The molecule has 1 aliphatic rings. The van der Waals surface area contributed by atoms with E-state index in [4.69, 9.17) is 0 Å². The highest BCUT2D eigenvalue weighted by Crippen LogP contribution is 2.27. The lowest BCUT2D eigenvalue weighted by molar-refractivity contribution is 0.00527. The Morgan fingerprint density at radius 2 is 2.04 bits per heavy atom. The molecule has 1 fully saturated rings. The Kier molecular flexibility index (Phi) is 3.80. The lowest BCUT2D eigenvalue weighted by Crippen LogP contribution is -2.44. The number of rotatable bonds is 3. The molecule has 0 saturated heterocycles. The van der Waals surface area contributed by atoms with Gasteiger partial charge in [-0.1, -0.05) is 31.4 Å². The van der Waals surface area contributed by atoms with Gasteiger partial charge in [0.2, 0.25) is 0 Å². The minimum absolute atomic E-state index is 0.209. The van der Waals surface area contributed by atoms with Crippen molar-refractivity contribution in [2.24, 2.45) is 0 Å². The Morgan fingerprint density at radius 1 is 1.28 bits per heavy atom. The van der Waals surface area contributed by atoms with E-state index in [9.17, 15) is 14.7 Å². The number of amides is 1. The fraction of sp³-hybridized carbons (Fsp3) is 0.389. The van der Waals surface area contributed by atoms with E-state index in [1.807, 2.05) is 6.07 Å². The van der Waals surface area contributed by atoms with Crippen LogP contribution in [0.15, 0.2) is 35.3 Å². The second-order valence-corrected chi connectivity index (χ2v) is 6.76. The number of aromatic nitrogens is 3. The highest BCUT2D eigenvalue weighted by Gasteiger charge is 2.30. The maximum absolute atomic E-state index is 12.6. The van der Waals surface area contributed by atoms with Gasteiger partial charge in [-0.15, -0.1) is 0 Å². The number of hydrogen-bond donors (Lipinski definition) is 3. The normalized spacial score (nSPS) is 17.0. The Balaban J connectivity index is 1.65. The Labute approximate surface area is 143 Å². The summed E-state index contributed by atoms with van der Waals surface area (Å²) in [6.07, 6.45) is 5.91. The van der Waals surface area contributed by atoms with Gasteiger partial charge in [-0.2, -0.15) is 5.10 Å². The molecule has 0 bridgehead atoms. The molecular weight excluding hydrogens is 320 g/mol. The van der Waals surface area contributed by atoms with Gasteiger partial charge in [0.15, 0.2) is 0 Å². The predicted octanol–water partition coefficient (Wildman–Crippen LogP) is 1.60. The smallest absolute Gasteiger partial charge is 0.259 e. The molecule has 25 heavy (non-hydrogen) atoms. The topological polar surface area (TPSA) is 99.5 Å². The summed E-state index contributed by atoms with van der Waals surface area (Å²) in [5, 5.41) is 18.1. The summed E-state index contributed by atoms with van der Waals surface area (Å²) >= 11 is 0. The minimum Gasteiger partial charge on any atom is -0.388 e. The summed E-state index contributed by atoms with van der Waals surface area (Å²) < 4.78 is 1.56. The van der Waals surface area contributed by atoms with Crippen molar-refractivity contribution in [1.29, 1.82) is 0 Å². The number of hydrogen-bond acceptors (Lipinski definition) is 4. The van der Waals surface area contributed by atoms with Gasteiger partial charge in [-0.25, -0.2) is 4.52 Å². The fourth-order valence-electron chi connectivity index (χ4n) is 3.57. The highest BCUT2D eigenvalue weighted by atomic mass is 16.3. The largest absolute Gasteiger partial charge is 0.388 e. The molecule has 130 valence electrons. The summed E-state index contributed by atoms with van der Waals surface area (Å²) in [6, 6.07) is 7.11. The van der Waals surface area contributed by atoms with Crippen LogP contribution < -0.4 is 10.9 Å². The molecule has 0 unspecified atom stereocenters. The van der Waals surface area contributed by atoms with Gasteiger partial charge in [0.05, 0.1) is 22.7 Å². The number of aliphatic hydroxyl groups is 1. The molecule has 2 heterocycles.